The minimum absolute atomic E-state index is 0.304. The molecule has 3 nitrogen and oxygen atoms in total. The highest BCUT2D eigenvalue weighted by Gasteiger charge is 2.01. The van der Waals surface area contributed by atoms with Gasteiger partial charge in [-0.1, -0.05) is 11.6 Å². The highest BCUT2D eigenvalue weighted by Crippen LogP contribution is 2.06. The van der Waals surface area contributed by atoms with E-state index in [2.05, 4.69) is 4.74 Å². The highest BCUT2D eigenvalue weighted by molar-refractivity contribution is 5.87. The minimum Gasteiger partial charge on any atom is -0.466 e. The van der Waals surface area contributed by atoms with Gasteiger partial charge in [-0.25, -0.2) is 4.79 Å². The van der Waals surface area contributed by atoms with E-state index >= 15 is 0 Å². The molecule has 0 aliphatic rings. The molecule has 0 aliphatic heterocycles. The second kappa shape index (κ2) is 7.06. The van der Waals surface area contributed by atoms with E-state index in [-0.39, 0.29) is 5.97 Å². The molecule has 0 fully saturated rings. The molecule has 0 bridgehead atoms. The molecular weight excluding hydrogens is 180 g/mol. The zero-order valence-corrected chi connectivity index (χ0v) is 8.87. The summed E-state index contributed by atoms with van der Waals surface area (Å²) >= 11 is 0. The first kappa shape index (κ1) is 12.6. The molecule has 0 saturated heterocycles. The largest absolute Gasteiger partial charge is 0.466 e. The molecule has 0 saturated carbocycles. The number of hydrogen-bond donors (Lipinski definition) is 0. The Labute approximate surface area is 84.4 Å². The molecule has 0 spiro atoms. The standard InChI is InChI=1S/C11H16O3/c1-9(7-8-12)5-4-6-10(2)11(13)14-3/h6-8H,4-5H2,1-3H3/b9-7-,10-6+. The Morgan fingerprint density at radius 2 is 2.00 bits per heavy atom. The lowest BCUT2D eigenvalue weighted by atomic mass is 10.1. The average molecular weight is 196 g/mol. The van der Waals surface area contributed by atoms with E-state index in [1.807, 2.05) is 13.0 Å². The van der Waals surface area contributed by atoms with Crippen molar-refractivity contribution in [1.29, 1.82) is 0 Å². The van der Waals surface area contributed by atoms with Crippen molar-refractivity contribution in [2.45, 2.75) is 26.7 Å². The van der Waals surface area contributed by atoms with Crippen LogP contribution in [0.25, 0.3) is 0 Å². The number of allylic oxidation sites excluding steroid dienone is 3. The lowest BCUT2D eigenvalue weighted by Crippen LogP contribution is -2.01. The smallest absolute Gasteiger partial charge is 0.333 e. The normalized spacial score (nSPS) is 12.5. The van der Waals surface area contributed by atoms with Crippen LogP contribution in [0, 0.1) is 0 Å². The van der Waals surface area contributed by atoms with Crippen molar-refractivity contribution in [3.8, 4) is 0 Å². The Hall–Kier alpha value is -1.38. The van der Waals surface area contributed by atoms with Gasteiger partial charge in [0.25, 0.3) is 0 Å². The Morgan fingerprint density at radius 1 is 1.36 bits per heavy atom. The number of rotatable bonds is 5. The SMILES string of the molecule is COC(=O)/C(C)=C/CC/C(C)=C\C=O. The van der Waals surface area contributed by atoms with Crippen LogP contribution in [0.5, 0.6) is 0 Å². The number of carbonyl (C=O) groups excluding carboxylic acids is 2. The van der Waals surface area contributed by atoms with Crippen molar-refractivity contribution >= 4 is 12.3 Å². The van der Waals surface area contributed by atoms with E-state index in [9.17, 15) is 9.59 Å². The van der Waals surface area contributed by atoms with E-state index in [4.69, 9.17) is 0 Å². The molecule has 0 aromatic rings. The predicted molar refractivity (Wildman–Crippen MR) is 54.8 cm³/mol. The van der Waals surface area contributed by atoms with Crippen LogP contribution in [0.15, 0.2) is 23.3 Å². The van der Waals surface area contributed by atoms with Crippen LogP contribution in [-0.4, -0.2) is 19.4 Å². The van der Waals surface area contributed by atoms with E-state index in [1.165, 1.54) is 13.2 Å². The van der Waals surface area contributed by atoms with Gasteiger partial charge in [-0.3, -0.25) is 4.79 Å². The molecule has 0 heterocycles. The Bertz CT molecular complexity index is 262. The van der Waals surface area contributed by atoms with Gasteiger partial charge in [0.1, 0.15) is 6.29 Å². The summed E-state index contributed by atoms with van der Waals surface area (Å²) in [6.07, 6.45) is 5.64. The van der Waals surface area contributed by atoms with Gasteiger partial charge in [0.15, 0.2) is 0 Å². The summed E-state index contributed by atoms with van der Waals surface area (Å²) in [6.45, 7) is 3.60. The summed E-state index contributed by atoms with van der Waals surface area (Å²) in [5.41, 5.74) is 1.61. The maximum Gasteiger partial charge on any atom is 0.333 e. The number of hydrogen-bond acceptors (Lipinski definition) is 3. The molecule has 0 atom stereocenters. The van der Waals surface area contributed by atoms with E-state index in [1.54, 1.807) is 6.92 Å². The van der Waals surface area contributed by atoms with Gasteiger partial charge in [0, 0.05) is 5.57 Å². The first-order valence-electron chi connectivity index (χ1n) is 4.47. The van der Waals surface area contributed by atoms with E-state index in [0.717, 1.165) is 24.7 Å². The molecule has 0 unspecified atom stereocenters. The number of ether oxygens (including phenoxy) is 1. The zero-order chi connectivity index (χ0) is 11.0. The topological polar surface area (TPSA) is 43.4 Å². The second-order valence-electron chi connectivity index (χ2n) is 3.07. The number of methoxy groups -OCH3 is 1. The molecule has 0 aromatic carbocycles. The predicted octanol–water partition coefficient (Wildman–Crippen LogP) is 2.03. The van der Waals surface area contributed by atoms with Crippen LogP contribution in [0.4, 0.5) is 0 Å². The second-order valence-corrected chi connectivity index (χ2v) is 3.07. The van der Waals surface area contributed by atoms with E-state index < -0.39 is 0 Å². The highest BCUT2D eigenvalue weighted by atomic mass is 16.5. The molecule has 0 aliphatic carbocycles. The zero-order valence-electron chi connectivity index (χ0n) is 8.87. The molecule has 0 amide bonds. The summed E-state index contributed by atoms with van der Waals surface area (Å²) in [4.78, 5) is 21.1. The molecule has 78 valence electrons. The lowest BCUT2D eigenvalue weighted by Gasteiger charge is -1.99. The lowest BCUT2D eigenvalue weighted by molar-refractivity contribution is -0.136. The van der Waals surface area contributed by atoms with E-state index in [0.29, 0.717) is 5.57 Å². The fraction of sp³-hybridized carbons (Fsp3) is 0.455. The molecule has 14 heavy (non-hydrogen) atoms. The van der Waals surface area contributed by atoms with Crippen LogP contribution < -0.4 is 0 Å². The van der Waals surface area contributed by atoms with Crippen molar-refractivity contribution in [2.75, 3.05) is 7.11 Å². The fourth-order valence-corrected chi connectivity index (χ4v) is 0.960. The first-order chi connectivity index (χ1) is 6.61. The average Bonchev–Trinajstić information content (AvgIpc) is 2.16. The van der Waals surface area contributed by atoms with Crippen LogP contribution in [0.1, 0.15) is 26.7 Å². The van der Waals surface area contributed by atoms with Gasteiger partial charge >= 0.3 is 5.97 Å². The monoisotopic (exact) mass is 196 g/mol. The van der Waals surface area contributed by atoms with Gasteiger partial charge in [-0.15, -0.1) is 0 Å². The maximum atomic E-state index is 11.0. The summed E-state index contributed by atoms with van der Waals surface area (Å²) in [5.74, 6) is -0.304. The van der Waals surface area contributed by atoms with Crippen molar-refractivity contribution < 1.29 is 14.3 Å². The van der Waals surface area contributed by atoms with Gasteiger partial charge < -0.3 is 4.74 Å². The Balaban J connectivity index is 3.99. The van der Waals surface area contributed by atoms with Crippen LogP contribution in [0.3, 0.4) is 0 Å². The van der Waals surface area contributed by atoms with Gasteiger partial charge in [-0.2, -0.15) is 0 Å². The molecule has 0 rings (SSSR count). The number of esters is 1. The third-order valence-corrected chi connectivity index (χ3v) is 1.85. The Morgan fingerprint density at radius 3 is 2.50 bits per heavy atom. The minimum atomic E-state index is -0.304. The molecule has 0 radical (unpaired) electrons. The number of carbonyl (C=O) groups is 2. The third-order valence-electron chi connectivity index (χ3n) is 1.85. The number of aldehydes is 1. The summed E-state index contributed by atoms with van der Waals surface area (Å²) < 4.78 is 4.54. The third kappa shape index (κ3) is 5.30. The van der Waals surface area contributed by atoms with Crippen LogP contribution in [-0.2, 0) is 14.3 Å². The van der Waals surface area contributed by atoms with Crippen molar-refractivity contribution in [2.24, 2.45) is 0 Å². The van der Waals surface area contributed by atoms with Crippen molar-refractivity contribution in [1.82, 2.24) is 0 Å². The fourth-order valence-electron chi connectivity index (χ4n) is 0.960. The molecule has 0 aromatic heterocycles. The summed E-state index contributed by atoms with van der Waals surface area (Å²) in [6, 6.07) is 0. The van der Waals surface area contributed by atoms with Crippen LogP contribution >= 0.6 is 0 Å². The van der Waals surface area contributed by atoms with Gasteiger partial charge in [-0.05, 0) is 32.8 Å². The first-order valence-corrected chi connectivity index (χ1v) is 4.47. The quantitative estimate of drug-likeness (QED) is 0.384. The van der Waals surface area contributed by atoms with Gasteiger partial charge in [0.05, 0.1) is 7.11 Å². The Kier molecular flexibility index (Phi) is 6.37. The molecule has 3 heteroatoms. The maximum absolute atomic E-state index is 11.0. The molecule has 0 N–H and O–H groups in total. The van der Waals surface area contributed by atoms with Crippen molar-refractivity contribution in [3.05, 3.63) is 23.3 Å². The van der Waals surface area contributed by atoms with Crippen molar-refractivity contribution in [3.63, 3.8) is 0 Å². The summed E-state index contributed by atoms with van der Waals surface area (Å²) in [5, 5.41) is 0. The molecular formula is C11H16O3. The summed E-state index contributed by atoms with van der Waals surface area (Å²) in [7, 11) is 1.36. The van der Waals surface area contributed by atoms with Crippen LogP contribution in [0.2, 0.25) is 0 Å². The van der Waals surface area contributed by atoms with Gasteiger partial charge in [0.2, 0.25) is 0 Å².